The number of rotatable bonds is 3. The summed E-state index contributed by atoms with van der Waals surface area (Å²) >= 11 is 0. The molecule has 0 aliphatic carbocycles. The van der Waals surface area contributed by atoms with Gasteiger partial charge in [-0.3, -0.25) is 4.79 Å². The standard InChI is InChI=1S/C9H12N2O2/c1-7-4-3-5-8(10-7)11-9(12)6-13-2/h3-5H,6H2,1-2H3,(H,10,11,12). The molecule has 0 aromatic carbocycles. The van der Waals surface area contributed by atoms with Crippen LogP contribution in [0.5, 0.6) is 0 Å². The van der Waals surface area contributed by atoms with Crippen LogP contribution in [0.3, 0.4) is 0 Å². The molecule has 1 N–H and O–H groups in total. The highest BCUT2D eigenvalue weighted by Gasteiger charge is 2.01. The zero-order valence-electron chi connectivity index (χ0n) is 7.70. The van der Waals surface area contributed by atoms with E-state index >= 15 is 0 Å². The summed E-state index contributed by atoms with van der Waals surface area (Å²) in [5, 5.41) is 2.61. The van der Waals surface area contributed by atoms with E-state index in [0.717, 1.165) is 5.69 Å². The number of anilines is 1. The second-order valence-corrected chi connectivity index (χ2v) is 2.65. The van der Waals surface area contributed by atoms with E-state index in [1.165, 1.54) is 7.11 Å². The second kappa shape index (κ2) is 4.57. The molecule has 0 aliphatic rings. The van der Waals surface area contributed by atoms with Crippen molar-refractivity contribution in [1.82, 2.24) is 4.98 Å². The van der Waals surface area contributed by atoms with Gasteiger partial charge in [-0.15, -0.1) is 0 Å². The predicted octanol–water partition coefficient (Wildman–Crippen LogP) is 0.975. The van der Waals surface area contributed by atoms with Crippen molar-refractivity contribution in [2.24, 2.45) is 0 Å². The third-order valence-electron chi connectivity index (χ3n) is 1.43. The SMILES string of the molecule is COCC(=O)Nc1cccc(C)n1. The largest absolute Gasteiger partial charge is 0.375 e. The van der Waals surface area contributed by atoms with Crippen molar-refractivity contribution in [3.63, 3.8) is 0 Å². The number of nitrogens with one attached hydrogen (secondary N) is 1. The molecule has 1 rings (SSSR count). The minimum absolute atomic E-state index is 0.0512. The van der Waals surface area contributed by atoms with E-state index in [1.807, 2.05) is 19.1 Å². The van der Waals surface area contributed by atoms with Gasteiger partial charge in [0, 0.05) is 12.8 Å². The number of aromatic nitrogens is 1. The molecule has 0 spiro atoms. The Hall–Kier alpha value is -1.42. The van der Waals surface area contributed by atoms with Crippen LogP contribution in [-0.2, 0) is 9.53 Å². The molecule has 0 atom stereocenters. The number of hydrogen-bond donors (Lipinski definition) is 1. The highest BCUT2D eigenvalue weighted by molar-refractivity contribution is 5.90. The van der Waals surface area contributed by atoms with Crippen LogP contribution >= 0.6 is 0 Å². The summed E-state index contributed by atoms with van der Waals surface area (Å²) in [6.45, 7) is 1.92. The highest BCUT2D eigenvalue weighted by Crippen LogP contribution is 2.02. The van der Waals surface area contributed by atoms with Crippen molar-refractivity contribution in [3.05, 3.63) is 23.9 Å². The van der Waals surface area contributed by atoms with E-state index < -0.39 is 0 Å². The molecule has 1 amide bonds. The van der Waals surface area contributed by atoms with Crippen molar-refractivity contribution in [2.45, 2.75) is 6.92 Å². The molecule has 4 heteroatoms. The fourth-order valence-corrected chi connectivity index (χ4v) is 0.923. The molecule has 0 aliphatic heterocycles. The molecule has 0 radical (unpaired) electrons. The van der Waals surface area contributed by atoms with Gasteiger partial charge in [0.15, 0.2) is 0 Å². The molecule has 0 fully saturated rings. The Labute approximate surface area is 76.9 Å². The van der Waals surface area contributed by atoms with E-state index in [4.69, 9.17) is 0 Å². The first-order valence-corrected chi connectivity index (χ1v) is 3.95. The molecule has 4 nitrogen and oxygen atoms in total. The lowest BCUT2D eigenvalue weighted by Crippen LogP contribution is -2.17. The van der Waals surface area contributed by atoms with Crippen LogP contribution in [0.15, 0.2) is 18.2 Å². The topological polar surface area (TPSA) is 51.2 Å². The summed E-state index contributed by atoms with van der Waals surface area (Å²) in [5.41, 5.74) is 0.871. The molecule has 0 unspecified atom stereocenters. The van der Waals surface area contributed by atoms with Gasteiger partial charge in [-0.05, 0) is 19.1 Å². The normalized spacial score (nSPS) is 9.69. The van der Waals surface area contributed by atoms with Crippen LogP contribution in [0.4, 0.5) is 5.82 Å². The molecule has 1 heterocycles. The summed E-state index contributed by atoms with van der Waals surface area (Å²) in [7, 11) is 1.48. The highest BCUT2D eigenvalue weighted by atomic mass is 16.5. The molecule has 70 valence electrons. The average Bonchev–Trinajstić information content (AvgIpc) is 2.04. The first-order valence-electron chi connectivity index (χ1n) is 3.95. The van der Waals surface area contributed by atoms with Gasteiger partial charge in [-0.1, -0.05) is 6.07 Å². The summed E-state index contributed by atoms with van der Waals surface area (Å²) in [6, 6.07) is 5.44. The van der Waals surface area contributed by atoms with Gasteiger partial charge < -0.3 is 10.1 Å². The number of ether oxygens (including phenoxy) is 1. The quantitative estimate of drug-likeness (QED) is 0.754. The van der Waals surface area contributed by atoms with Crippen LogP contribution < -0.4 is 5.32 Å². The first-order chi connectivity index (χ1) is 6.22. The first kappa shape index (κ1) is 9.67. The Kier molecular flexibility index (Phi) is 3.40. The molecule has 0 bridgehead atoms. The minimum atomic E-state index is -0.194. The van der Waals surface area contributed by atoms with Crippen molar-refractivity contribution >= 4 is 11.7 Å². The molecule has 13 heavy (non-hydrogen) atoms. The van der Waals surface area contributed by atoms with E-state index in [1.54, 1.807) is 6.07 Å². The van der Waals surface area contributed by atoms with Crippen LogP contribution in [0.25, 0.3) is 0 Å². The molecule has 1 aromatic rings. The average molecular weight is 180 g/mol. The summed E-state index contributed by atoms with van der Waals surface area (Å²) in [5.74, 6) is 0.364. The Morgan fingerprint density at radius 2 is 2.38 bits per heavy atom. The molecule has 0 saturated carbocycles. The third kappa shape index (κ3) is 3.21. The number of methoxy groups -OCH3 is 1. The van der Waals surface area contributed by atoms with E-state index in [-0.39, 0.29) is 12.5 Å². The van der Waals surface area contributed by atoms with Crippen molar-refractivity contribution in [2.75, 3.05) is 19.0 Å². The van der Waals surface area contributed by atoms with E-state index in [2.05, 4.69) is 15.0 Å². The van der Waals surface area contributed by atoms with Crippen LogP contribution in [0.1, 0.15) is 5.69 Å². The number of aryl methyl sites for hydroxylation is 1. The zero-order valence-corrected chi connectivity index (χ0v) is 7.70. The third-order valence-corrected chi connectivity index (χ3v) is 1.43. The number of amides is 1. The number of hydrogen-bond acceptors (Lipinski definition) is 3. The van der Waals surface area contributed by atoms with Gasteiger partial charge >= 0.3 is 0 Å². The maximum atomic E-state index is 11.0. The van der Waals surface area contributed by atoms with Gasteiger partial charge in [-0.25, -0.2) is 4.98 Å². The van der Waals surface area contributed by atoms with Gasteiger partial charge in [0.1, 0.15) is 12.4 Å². The molecular weight excluding hydrogens is 168 g/mol. The maximum Gasteiger partial charge on any atom is 0.251 e. The summed E-state index contributed by atoms with van der Waals surface area (Å²) in [6.07, 6.45) is 0. The van der Waals surface area contributed by atoms with Gasteiger partial charge in [0.05, 0.1) is 0 Å². The number of nitrogens with zero attached hydrogens (tertiary/aromatic N) is 1. The lowest BCUT2D eigenvalue weighted by atomic mass is 10.4. The van der Waals surface area contributed by atoms with Crippen molar-refractivity contribution in [1.29, 1.82) is 0 Å². The van der Waals surface area contributed by atoms with Crippen LogP contribution in [0, 0.1) is 6.92 Å². The summed E-state index contributed by atoms with van der Waals surface area (Å²) in [4.78, 5) is 15.2. The number of carbonyl (C=O) groups excluding carboxylic acids is 1. The number of pyridine rings is 1. The van der Waals surface area contributed by atoms with Crippen molar-refractivity contribution < 1.29 is 9.53 Å². The van der Waals surface area contributed by atoms with Crippen LogP contribution in [0.2, 0.25) is 0 Å². The predicted molar refractivity (Wildman–Crippen MR) is 49.5 cm³/mol. The lowest BCUT2D eigenvalue weighted by Gasteiger charge is -2.03. The molecule has 0 saturated heterocycles. The second-order valence-electron chi connectivity index (χ2n) is 2.65. The Morgan fingerprint density at radius 1 is 1.62 bits per heavy atom. The van der Waals surface area contributed by atoms with E-state index in [9.17, 15) is 4.79 Å². The number of carbonyl (C=O) groups is 1. The van der Waals surface area contributed by atoms with E-state index in [0.29, 0.717) is 5.82 Å². The fourth-order valence-electron chi connectivity index (χ4n) is 0.923. The smallest absolute Gasteiger partial charge is 0.251 e. The lowest BCUT2D eigenvalue weighted by molar-refractivity contribution is -0.119. The van der Waals surface area contributed by atoms with Gasteiger partial charge in [0.25, 0.3) is 5.91 Å². The molecular formula is C9H12N2O2. The zero-order chi connectivity index (χ0) is 9.68. The van der Waals surface area contributed by atoms with Gasteiger partial charge in [-0.2, -0.15) is 0 Å². The maximum absolute atomic E-state index is 11.0. The van der Waals surface area contributed by atoms with Gasteiger partial charge in [0.2, 0.25) is 0 Å². The summed E-state index contributed by atoms with van der Waals surface area (Å²) < 4.78 is 4.67. The minimum Gasteiger partial charge on any atom is -0.375 e. The fraction of sp³-hybridized carbons (Fsp3) is 0.333. The Balaban J connectivity index is 2.58. The Bertz CT molecular complexity index is 299. The monoisotopic (exact) mass is 180 g/mol. The van der Waals surface area contributed by atoms with Crippen molar-refractivity contribution in [3.8, 4) is 0 Å². The Morgan fingerprint density at radius 3 is 3.00 bits per heavy atom. The van der Waals surface area contributed by atoms with Crippen LogP contribution in [-0.4, -0.2) is 24.6 Å². The molecule has 1 aromatic heterocycles.